The molecule has 0 spiro atoms. The van der Waals surface area contributed by atoms with Gasteiger partial charge in [0.05, 0.1) is 24.5 Å². The summed E-state index contributed by atoms with van der Waals surface area (Å²) in [6.45, 7) is 14.1. The topological polar surface area (TPSA) is 197 Å². The van der Waals surface area contributed by atoms with Crippen molar-refractivity contribution in [3.8, 4) is 11.5 Å². The second kappa shape index (κ2) is 28.7. The molecule has 0 radical (unpaired) electrons. The minimum absolute atomic E-state index is 0.00185. The third kappa shape index (κ3) is 19.4. The molecule has 2 aliphatic rings. The van der Waals surface area contributed by atoms with Crippen LogP contribution in [0.25, 0.3) is 23.3 Å². The third-order valence-electron chi connectivity index (χ3n) is 14.9. The lowest BCUT2D eigenvalue weighted by molar-refractivity contribution is -0.111. The van der Waals surface area contributed by atoms with E-state index in [0.717, 1.165) is 40.4 Å². The molecule has 0 aliphatic heterocycles. The molecule has 0 aromatic heterocycles. The molecule has 2 saturated carbocycles. The quantitative estimate of drug-likeness (QED) is 0.0296. The number of carbonyl (C=O) groups excluding carboxylic acids is 3. The lowest BCUT2D eigenvalue weighted by Crippen LogP contribution is -2.28. The fourth-order valence-corrected chi connectivity index (χ4v) is 10.2. The van der Waals surface area contributed by atoms with Gasteiger partial charge in [-0.15, -0.1) is 0 Å². The standard InChI is InChI=1S/C35H42N2O6S.C33H37NO4/c1-35(2,3)29-15-13-27(14-16-29)32(23-25-9-11-28(12-10-25)33(38)36-21-22-44(40,41)42)34(39)37-30-17-19-31(20-18-30)43-24-26-7-5-4-6-8-26;1-33(2,3)27-15-13-25(14-16-27)30(21-23-9-11-26(12-10-23)32(36)37)31(35)34-28-17-19-29(20-18-28)38-22-24-7-5-4-6-8-24/h9-20,23,26H,4-8,21-22,24H2,1-3H3,(H,36,38)(H,37,39)(H,40,41,42);9-21,24H,4-8,22H2,1-3H3,(H,34,35)(H,36,37)/b32-23+;30-21+. The Kier molecular flexibility index (Phi) is 21.7. The molecule has 2 aliphatic carbocycles. The van der Waals surface area contributed by atoms with Gasteiger partial charge in [-0.25, -0.2) is 4.79 Å². The van der Waals surface area contributed by atoms with Crippen molar-refractivity contribution in [2.24, 2.45) is 11.8 Å². The molecular formula is C68H79N3O10S. The summed E-state index contributed by atoms with van der Waals surface area (Å²) in [4.78, 5) is 50.7. The van der Waals surface area contributed by atoms with Crippen LogP contribution in [0.5, 0.6) is 11.5 Å². The van der Waals surface area contributed by atoms with Gasteiger partial charge in [-0.2, -0.15) is 8.42 Å². The summed E-state index contributed by atoms with van der Waals surface area (Å²) < 4.78 is 42.7. The van der Waals surface area contributed by atoms with E-state index >= 15 is 0 Å². The molecule has 8 rings (SSSR count). The number of hydrogen-bond donors (Lipinski definition) is 5. The molecular weight excluding hydrogens is 1050 g/mol. The van der Waals surface area contributed by atoms with Gasteiger partial charge in [-0.05, 0) is 167 Å². The van der Waals surface area contributed by atoms with Crippen LogP contribution in [0.2, 0.25) is 0 Å². The number of benzene rings is 6. The van der Waals surface area contributed by atoms with Crippen molar-refractivity contribution in [1.29, 1.82) is 0 Å². The average Bonchev–Trinajstić information content (AvgIpc) is 3.59. The summed E-state index contributed by atoms with van der Waals surface area (Å²) in [5.74, 6) is 0.281. The number of carboxylic acids is 1. The average molecular weight is 1130 g/mol. The van der Waals surface area contributed by atoms with Crippen LogP contribution in [0, 0.1) is 11.8 Å². The molecule has 0 bridgehead atoms. The first-order chi connectivity index (χ1) is 39.1. The van der Waals surface area contributed by atoms with Crippen LogP contribution in [-0.4, -0.2) is 67.3 Å². The number of hydrogen-bond acceptors (Lipinski definition) is 8. The van der Waals surface area contributed by atoms with E-state index in [-0.39, 0.29) is 34.8 Å². The molecule has 0 saturated heterocycles. The van der Waals surface area contributed by atoms with E-state index in [4.69, 9.17) is 14.0 Å². The Bertz CT molecular complexity index is 3250. The number of amides is 3. The number of nitrogens with one attached hydrogen (secondary N) is 3. The maximum absolute atomic E-state index is 13.6. The van der Waals surface area contributed by atoms with Crippen LogP contribution in [0.3, 0.4) is 0 Å². The van der Waals surface area contributed by atoms with Crippen LogP contribution >= 0.6 is 0 Å². The summed E-state index contributed by atoms with van der Waals surface area (Å²) in [7, 11) is -4.17. The van der Waals surface area contributed by atoms with Crippen molar-refractivity contribution >= 4 is 68.5 Å². The largest absolute Gasteiger partial charge is 0.493 e. The molecule has 6 aromatic rings. The summed E-state index contributed by atoms with van der Waals surface area (Å²) >= 11 is 0. The zero-order valence-corrected chi connectivity index (χ0v) is 49.0. The fraction of sp³-hybridized carbons (Fsp3) is 0.353. The first-order valence-corrected chi connectivity index (χ1v) is 30.1. The highest BCUT2D eigenvalue weighted by molar-refractivity contribution is 7.85. The Morgan fingerprint density at radius 3 is 1.20 bits per heavy atom. The molecule has 2 fully saturated rings. The lowest BCUT2D eigenvalue weighted by Gasteiger charge is -2.21. The molecule has 5 N–H and O–H groups in total. The van der Waals surface area contributed by atoms with Gasteiger partial charge < -0.3 is 30.5 Å². The summed E-state index contributed by atoms with van der Waals surface area (Å²) in [6.07, 6.45) is 16.2. The number of aromatic carboxylic acids is 1. The number of anilines is 2. The van der Waals surface area contributed by atoms with Crippen molar-refractivity contribution in [3.05, 3.63) is 190 Å². The number of carboxylic acid groups (broad SMARTS) is 1. The highest BCUT2D eigenvalue weighted by atomic mass is 32.2. The maximum Gasteiger partial charge on any atom is 0.335 e. The Labute approximate surface area is 484 Å². The van der Waals surface area contributed by atoms with Gasteiger partial charge in [0, 0.05) is 34.6 Å². The number of rotatable bonds is 19. The molecule has 0 unspecified atom stereocenters. The fourth-order valence-electron chi connectivity index (χ4n) is 9.84. The molecule has 13 nitrogen and oxygen atoms in total. The monoisotopic (exact) mass is 1130 g/mol. The first kappa shape index (κ1) is 61.8. The van der Waals surface area contributed by atoms with Crippen molar-refractivity contribution < 1.29 is 46.7 Å². The summed E-state index contributed by atoms with van der Waals surface area (Å²) in [5.41, 5.74) is 8.05. The zero-order chi connectivity index (χ0) is 58.9. The second-order valence-corrected chi connectivity index (χ2v) is 25.0. The normalized spacial score (nSPS) is 14.6. The van der Waals surface area contributed by atoms with Crippen molar-refractivity contribution in [2.45, 2.75) is 117 Å². The molecule has 82 heavy (non-hydrogen) atoms. The molecule has 0 heterocycles. The van der Waals surface area contributed by atoms with Gasteiger partial charge in [0.1, 0.15) is 11.5 Å². The van der Waals surface area contributed by atoms with Crippen LogP contribution in [-0.2, 0) is 30.5 Å². The maximum atomic E-state index is 13.6. The van der Waals surface area contributed by atoms with Crippen LogP contribution in [0.4, 0.5) is 11.4 Å². The van der Waals surface area contributed by atoms with Gasteiger partial charge >= 0.3 is 5.97 Å². The van der Waals surface area contributed by atoms with Gasteiger partial charge in [0.25, 0.3) is 27.8 Å². The Hall–Kier alpha value is -7.81. The smallest absolute Gasteiger partial charge is 0.335 e. The van der Waals surface area contributed by atoms with E-state index in [0.29, 0.717) is 52.1 Å². The molecule has 6 aromatic carbocycles. The number of ether oxygens (including phenoxy) is 2. The van der Waals surface area contributed by atoms with Crippen LogP contribution < -0.4 is 25.4 Å². The number of carbonyl (C=O) groups is 4. The van der Waals surface area contributed by atoms with E-state index in [9.17, 15) is 32.7 Å². The van der Waals surface area contributed by atoms with Gasteiger partial charge in [-0.1, -0.05) is 153 Å². The molecule has 0 atom stereocenters. The van der Waals surface area contributed by atoms with Crippen LogP contribution in [0.1, 0.15) is 160 Å². The Morgan fingerprint density at radius 2 is 0.854 bits per heavy atom. The highest BCUT2D eigenvalue weighted by Crippen LogP contribution is 2.31. The van der Waals surface area contributed by atoms with Gasteiger partial charge in [0.15, 0.2) is 0 Å². The van der Waals surface area contributed by atoms with Gasteiger partial charge in [-0.3, -0.25) is 18.9 Å². The van der Waals surface area contributed by atoms with Crippen molar-refractivity contribution in [2.75, 3.05) is 36.1 Å². The van der Waals surface area contributed by atoms with E-state index in [1.165, 1.54) is 69.8 Å². The van der Waals surface area contributed by atoms with Crippen LogP contribution in [0.15, 0.2) is 146 Å². The summed E-state index contributed by atoms with van der Waals surface area (Å²) in [6, 6.07) is 44.0. The van der Waals surface area contributed by atoms with E-state index in [2.05, 4.69) is 57.5 Å². The molecule has 432 valence electrons. The van der Waals surface area contributed by atoms with Crippen molar-refractivity contribution in [3.63, 3.8) is 0 Å². The SMILES string of the molecule is CC(C)(C)c1ccc(/C(=C\c2ccc(C(=O)NCCS(=O)(=O)O)cc2)C(=O)Nc2ccc(OCC3CCCCC3)cc2)cc1.CC(C)(C)c1ccc(/C(=C\c2ccc(C(=O)O)cc2)C(=O)Nc2ccc(OCC3CCCCC3)cc2)cc1. The minimum Gasteiger partial charge on any atom is -0.493 e. The third-order valence-corrected chi connectivity index (χ3v) is 15.6. The highest BCUT2D eigenvalue weighted by Gasteiger charge is 2.21. The molecule has 3 amide bonds. The van der Waals surface area contributed by atoms with Gasteiger partial charge in [0.2, 0.25) is 0 Å². The summed E-state index contributed by atoms with van der Waals surface area (Å²) in [5, 5.41) is 17.7. The molecule has 14 heteroatoms. The Balaban J connectivity index is 0.000000239. The zero-order valence-electron chi connectivity index (χ0n) is 48.1. The predicted molar refractivity (Wildman–Crippen MR) is 329 cm³/mol. The van der Waals surface area contributed by atoms with E-state index in [1.807, 2.05) is 97.1 Å². The van der Waals surface area contributed by atoms with E-state index < -0.39 is 27.7 Å². The van der Waals surface area contributed by atoms with Crippen molar-refractivity contribution in [1.82, 2.24) is 5.32 Å². The Morgan fingerprint density at radius 1 is 0.500 bits per heavy atom. The van der Waals surface area contributed by atoms with E-state index in [1.54, 1.807) is 60.7 Å². The predicted octanol–water partition coefficient (Wildman–Crippen LogP) is 14.6. The first-order valence-electron chi connectivity index (χ1n) is 28.5. The lowest BCUT2D eigenvalue weighted by atomic mass is 9.86. The second-order valence-electron chi connectivity index (χ2n) is 23.4. The minimum atomic E-state index is -4.17.